The van der Waals surface area contributed by atoms with Crippen LogP contribution in [-0.4, -0.2) is 29.8 Å². The minimum atomic E-state index is -0.193. The number of aldehydes is 1. The van der Waals surface area contributed by atoms with Gasteiger partial charge in [0.05, 0.1) is 5.54 Å². The van der Waals surface area contributed by atoms with Crippen LogP contribution >= 0.6 is 0 Å². The number of aromatic nitrogens is 1. The maximum atomic E-state index is 10.9. The summed E-state index contributed by atoms with van der Waals surface area (Å²) < 4.78 is 5.74. The van der Waals surface area contributed by atoms with Crippen LogP contribution in [0.3, 0.4) is 0 Å². The molecular weight excluding hydrogens is 256 g/mol. The Balaban J connectivity index is 1.71. The van der Waals surface area contributed by atoms with Crippen molar-refractivity contribution in [2.45, 2.75) is 38.1 Å². The average Bonchev–Trinajstić information content (AvgIpc) is 3.06. The van der Waals surface area contributed by atoms with E-state index in [1.807, 2.05) is 13.0 Å². The van der Waals surface area contributed by atoms with Crippen LogP contribution in [0.15, 0.2) is 6.07 Å². The zero-order valence-corrected chi connectivity index (χ0v) is 11.5. The summed E-state index contributed by atoms with van der Waals surface area (Å²) in [4.78, 5) is 25.9. The largest absolute Gasteiger partial charge is 0.475 e. The summed E-state index contributed by atoms with van der Waals surface area (Å²) in [6.45, 7) is 2.41. The number of carbonyl (C=O) groups is 2. The van der Waals surface area contributed by atoms with Crippen LogP contribution < -0.4 is 10.1 Å². The van der Waals surface area contributed by atoms with Crippen molar-refractivity contribution in [2.75, 3.05) is 6.61 Å². The van der Waals surface area contributed by atoms with E-state index in [2.05, 4.69) is 10.3 Å². The molecule has 0 bridgehead atoms. The zero-order valence-electron chi connectivity index (χ0n) is 11.5. The molecule has 1 unspecified atom stereocenters. The molecule has 1 heterocycles. The van der Waals surface area contributed by atoms with Gasteiger partial charge in [0.1, 0.15) is 12.9 Å². The minimum absolute atomic E-state index is 0.0762. The fourth-order valence-electron chi connectivity index (χ4n) is 2.80. The first-order valence-electron chi connectivity index (χ1n) is 6.95. The number of pyridine rings is 1. The number of aryl methyl sites for hydroxylation is 1. The number of carbonyl (C=O) groups excluding carboxylic acids is 2. The Kier molecular flexibility index (Phi) is 3.20. The Labute approximate surface area is 117 Å². The number of ether oxygens (including phenoxy) is 1. The van der Waals surface area contributed by atoms with Gasteiger partial charge < -0.3 is 14.8 Å². The van der Waals surface area contributed by atoms with Gasteiger partial charge in [-0.1, -0.05) is 0 Å². The van der Waals surface area contributed by atoms with E-state index < -0.39 is 0 Å². The van der Waals surface area contributed by atoms with Crippen molar-refractivity contribution in [1.29, 1.82) is 0 Å². The molecule has 5 nitrogen and oxygen atoms in total. The Morgan fingerprint density at radius 2 is 2.25 bits per heavy atom. The van der Waals surface area contributed by atoms with E-state index in [-0.39, 0.29) is 11.5 Å². The number of amides is 1. The van der Waals surface area contributed by atoms with Gasteiger partial charge in [0.25, 0.3) is 0 Å². The van der Waals surface area contributed by atoms with Crippen LogP contribution in [0.4, 0.5) is 0 Å². The van der Waals surface area contributed by atoms with E-state index in [0.717, 1.165) is 49.6 Å². The number of rotatable bonds is 6. The van der Waals surface area contributed by atoms with Crippen molar-refractivity contribution in [2.24, 2.45) is 5.92 Å². The zero-order chi connectivity index (χ0) is 14.2. The predicted molar refractivity (Wildman–Crippen MR) is 72.6 cm³/mol. The summed E-state index contributed by atoms with van der Waals surface area (Å²) in [5, 5.41) is 2.81. The van der Waals surface area contributed by atoms with Crippen LogP contribution in [-0.2, 0) is 22.4 Å². The summed E-state index contributed by atoms with van der Waals surface area (Å²) in [5.41, 5.74) is 3.09. The SMILES string of the molecule is Cc1nc(OCC2(NC=O)CC2)cc2c1CC(C=O)C2. The van der Waals surface area contributed by atoms with Gasteiger partial charge >= 0.3 is 0 Å². The molecule has 2 aliphatic rings. The Morgan fingerprint density at radius 3 is 2.90 bits per heavy atom. The predicted octanol–water partition coefficient (Wildman–Crippen LogP) is 0.961. The number of fused-ring (bicyclic) bond motifs is 1. The van der Waals surface area contributed by atoms with Gasteiger partial charge in [0.15, 0.2) is 0 Å². The third-order valence-electron chi connectivity index (χ3n) is 4.26. The van der Waals surface area contributed by atoms with Gasteiger partial charge in [-0.25, -0.2) is 4.98 Å². The van der Waals surface area contributed by atoms with E-state index >= 15 is 0 Å². The Hall–Kier alpha value is -1.91. The number of nitrogens with zero attached hydrogens (tertiary/aromatic N) is 1. The van der Waals surface area contributed by atoms with Gasteiger partial charge in [0.2, 0.25) is 12.3 Å². The maximum Gasteiger partial charge on any atom is 0.213 e. The lowest BCUT2D eigenvalue weighted by molar-refractivity contribution is -0.111. The van der Waals surface area contributed by atoms with Gasteiger partial charge in [0, 0.05) is 17.7 Å². The summed E-state index contributed by atoms with van der Waals surface area (Å²) in [6.07, 6.45) is 5.20. The molecule has 0 spiro atoms. The molecule has 0 aromatic carbocycles. The fourth-order valence-corrected chi connectivity index (χ4v) is 2.80. The fraction of sp³-hybridized carbons (Fsp3) is 0.533. The summed E-state index contributed by atoms with van der Waals surface area (Å²) in [5.74, 6) is 0.666. The highest BCUT2D eigenvalue weighted by Gasteiger charge is 2.43. The smallest absolute Gasteiger partial charge is 0.213 e. The van der Waals surface area contributed by atoms with Crippen molar-refractivity contribution in [3.8, 4) is 5.88 Å². The van der Waals surface area contributed by atoms with Crippen molar-refractivity contribution in [3.05, 3.63) is 22.9 Å². The molecule has 1 aromatic heterocycles. The molecule has 0 aliphatic heterocycles. The first-order chi connectivity index (χ1) is 9.65. The quantitative estimate of drug-likeness (QED) is 0.785. The first kappa shape index (κ1) is 13.1. The van der Waals surface area contributed by atoms with E-state index in [1.54, 1.807) is 0 Å². The standard InChI is InChI=1S/C15H18N2O3/c1-10-13-5-11(7-18)4-12(13)6-14(17-10)20-8-15(2-3-15)16-9-19/h6-7,9,11H,2-5,8H2,1H3,(H,16,19). The second-order valence-electron chi connectivity index (χ2n) is 5.82. The number of hydrogen-bond donors (Lipinski definition) is 1. The van der Waals surface area contributed by atoms with Gasteiger partial charge in [-0.15, -0.1) is 0 Å². The van der Waals surface area contributed by atoms with Gasteiger partial charge in [-0.2, -0.15) is 0 Å². The Morgan fingerprint density at radius 1 is 1.45 bits per heavy atom. The number of nitrogens with one attached hydrogen (secondary N) is 1. The van der Waals surface area contributed by atoms with Crippen LogP contribution in [0, 0.1) is 12.8 Å². The van der Waals surface area contributed by atoms with Gasteiger partial charge in [-0.3, -0.25) is 4.79 Å². The van der Waals surface area contributed by atoms with E-state index in [1.165, 1.54) is 5.56 Å². The molecule has 1 N–H and O–H groups in total. The van der Waals surface area contributed by atoms with E-state index in [9.17, 15) is 9.59 Å². The molecule has 0 radical (unpaired) electrons. The molecule has 5 heteroatoms. The molecule has 20 heavy (non-hydrogen) atoms. The van der Waals surface area contributed by atoms with Gasteiger partial charge in [-0.05, 0) is 43.7 Å². The second-order valence-corrected chi connectivity index (χ2v) is 5.82. The van der Waals surface area contributed by atoms with E-state index in [4.69, 9.17) is 4.74 Å². The highest BCUT2D eigenvalue weighted by atomic mass is 16.5. The van der Waals surface area contributed by atoms with Crippen LogP contribution in [0.25, 0.3) is 0 Å². The van der Waals surface area contributed by atoms with Crippen molar-refractivity contribution in [1.82, 2.24) is 10.3 Å². The number of hydrogen-bond acceptors (Lipinski definition) is 4. The summed E-state index contributed by atoms with van der Waals surface area (Å²) >= 11 is 0. The lowest BCUT2D eigenvalue weighted by Crippen LogP contribution is -2.36. The Bertz CT molecular complexity index is 552. The highest BCUT2D eigenvalue weighted by Crippen LogP contribution is 2.36. The highest BCUT2D eigenvalue weighted by molar-refractivity contribution is 5.59. The lowest BCUT2D eigenvalue weighted by atomic mass is 10.1. The molecule has 106 valence electrons. The van der Waals surface area contributed by atoms with E-state index in [0.29, 0.717) is 12.5 Å². The molecule has 3 rings (SSSR count). The lowest BCUT2D eigenvalue weighted by Gasteiger charge is -2.15. The molecule has 1 saturated carbocycles. The van der Waals surface area contributed by atoms with Crippen LogP contribution in [0.1, 0.15) is 29.7 Å². The van der Waals surface area contributed by atoms with Crippen molar-refractivity contribution in [3.63, 3.8) is 0 Å². The van der Waals surface area contributed by atoms with Crippen LogP contribution in [0.2, 0.25) is 0 Å². The molecule has 1 aromatic rings. The molecule has 1 amide bonds. The molecule has 1 atom stereocenters. The molecule has 0 saturated heterocycles. The molecular formula is C15H18N2O3. The summed E-state index contributed by atoms with van der Waals surface area (Å²) in [6, 6.07) is 1.93. The maximum absolute atomic E-state index is 10.9. The average molecular weight is 274 g/mol. The summed E-state index contributed by atoms with van der Waals surface area (Å²) in [7, 11) is 0. The van der Waals surface area contributed by atoms with Crippen molar-refractivity contribution < 1.29 is 14.3 Å². The monoisotopic (exact) mass is 274 g/mol. The third kappa shape index (κ3) is 2.40. The molecule has 1 fully saturated rings. The van der Waals surface area contributed by atoms with Crippen LogP contribution in [0.5, 0.6) is 5.88 Å². The minimum Gasteiger partial charge on any atom is -0.475 e. The second kappa shape index (κ2) is 4.89. The normalized spacial score (nSPS) is 21.9. The topological polar surface area (TPSA) is 68.3 Å². The van der Waals surface area contributed by atoms with Crippen molar-refractivity contribution >= 4 is 12.7 Å². The molecule has 2 aliphatic carbocycles. The first-order valence-corrected chi connectivity index (χ1v) is 6.95. The third-order valence-corrected chi connectivity index (χ3v) is 4.26.